The van der Waals surface area contributed by atoms with Gasteiger partial charge in [-0.25, -0.2) is 0 Å². The summed E-state index contributed by atoms with van der Waals surface area (Å²) in [6, 6.07) is 1.66. The minimum atomic E-state index is 0.161. The van der Waals surface area contributed by atoms with Gasteiger partial charge in [-0.05, 0) is 6.92 Å². The first kappa shape index (κ1) is 9.96. The second kappa shape index (κ2) is 3.88. The minimum Gasteiger partial charge on any atom is -0.504 e. The van der Waals surface area contributed by atoms with E-state index in [0.29, 0.717) is 36.9 Å². The largest absolute Gasteiger partial charge is 0.504 e. The van der Waals surface area contributed by atoms with Gasteiger partial charge >= 0.3 is 0 Å². The highest BCUT2D eigenvalue weighted by Crippen LogP contribution is 2.46. The highest BCUT2D eigenvalue weighted by Gasteiger charge is 2.24. The van der Waals surface area contributed by atoms with Gasteiger partial charge in [-0.2, -0.15) is 0 Å². The summed E-state index contributed by atoms with van der Waals surface area (Å²) >= 11 is 0. The van der Waals surface area contributed by atoms with Crippen LogP contribution in [0.15, 0.2) is 6.07 Å². The van der Waals surface area contributed by atoms with E-state index in [-0.39, 0.29) is 5.75 Å². The first-order valence-electron chi connectivity index (χ1n) is 4.96. The first-order valence-corrected chi connectivity index (χ1v) is 4.96. The Kier molecular flexibility index (Phi) is 2.58. The monoisotopic (exact) mass is 210 g/mol. The van der Waals surface area contributed by atoms with Crippen LogP contribution in [0.25, 0.3) is 0 Å². The van der Waals surface area contributed by atoms with E-state index in [1.165, 1.54) is 7.11 Å². The number of phenols is 1. The van der Waals surface area contributed by atoms with Gasteiger partial charge in [-0.3, -0.25) is 0 Å². The minimum absolute atomic E-state index is 0.161. The number of ether oxygens (including phenoxy) is 3. The number of benzene rings is 1. The van der Waals surface area contributed by atoms with Gasteiger partial charge in [0.1, 0.15) is 0 Å². The number of phenolic OH excluding ortho intramolecular Hbond substituents is 1. The average Bonchev–Trinajstić information content (AvgIpc) is 2.71. The van der Waals surface area contributed by atoms with Crippen molar-refractivity contribution in [1.82, 2.24) is 0 Å². The number of fused-ring (bicyclic) bond motifs is 1. The first-order chi connectivity index (χ1) is 7.27. The lowest BCUT2D eigenvalue weighted by atomic mass is 10.1. The van der Waals surface area contributed by atoms with Gasteiger partial charge in [0.05, 0.1) is 20.3 Å². The molecule has 0 fully saturated rings. The van der Waals surface area contributed by atoms with E-state index in [4.69, 9.17) is 14.2 Å². The Hall–Kier alpha value is -1.58. The van der Waals surface area contributed by atoms with Crippen LogP contribution in [0.5, 0.6) is 23.0 Å². The van der Waals surface area contributed by atoms with E-state index >= 15 is 0 Å². The Labute approximate surface area is 88.4 Å². The van der Waals surface area contributed by atoms with Gasteiger partial charge in [0.15, 0.2) is 23.0 Å². The summed E-state index contributed by atoms with van der Waals surface area (Å²) in [5.74, 6) is 1.88. The van der Waals surface area contributed by atoms with Crippen LogP contribution in [0.4, 0.5) is 0 Å². The Bertz CT molecular complexity index is 373. The number of hydrogen-bond acceptors (Lipinski definition) is 4. The molecule has 4 heteroatoms. The highest BCUT2D eigenvalue weighted by molar-refractivity contribution is 5.61. The molecule has 0 aromatic heterocycles. The summed E-state index contributed by atoms with van der Waals surface area (Å²) < 4.78 is 15.9. The lowest BCUT2D eigenvalue weighted by Gasteiger charge is -2.12. The van der Waals surface area contributed by atoms with Gasteiger partial charge in [-0.1, -0.05) is 0 Å². The van der Waals surface area contributed by atoms with Gasteiger partial charge in [-0.15, -0.1) is 0 Å². The van der Waals surface area contributed by atoms with Crippen molar-refractivity contribution in [2.24, 2.45) is 0 Å². The second-order valence-electron chi connectivity index (χ2n) is 3.26. The quantitative estimate of drug-likeness (QED) is 0.825. The molecule has 1 heterocycles. The van der Waals surface area contributed by atoms with E-state index < -0.39 is 0 Å². The summed E-state index contributed by atoms with van der Waals surface area (Å²) in [4.78, 5) is 0. The molecule has 1 aromatic rings. The van der Waals surface area contributed by atoms with Crippen LogP contribution in [0.1, 0.15) is 12.5 Å². The summed E-state index contributed by atoms with van der Waals surface area (Å²) in [6.45, 7) is 3.04. The van der Waals surface area contributed by atoms with Crippen LogP contribution in [0.3, 0.4) is 0 Å². The molecule has 0 saturated heterocycles. The molecule has 0 unspecified atom stereocenters. The Morgan fingerprint density at radius 2 is 2.27 bits per heavy atom. The second-order valence-corrected chi connectivity index (χ2v) is 3.26. The summed E-state index contributed by atoms with van der Waals surface area (Å²) in [6.07, 6.45) is 0.693. The zero-order valence-electron chi connectivity index (χ0n) is 8.87. The molecule has 0 bridgehead atoms. The number of hydrogen-bond donors (Lipinski definition) is 1. The predicted octanol–water partition coefficient (Wildman–Crippen LogP) is 1.73. The fraction of sp³-hybridized carbons (Fsp3) is 0.455. The molecule has 0 saturated carbocycles. The zero-order chi connectivity index (χ0) is 10.8. The average molecular weight is 210 g/mol. The number of aromatic hydroxyl groups is 1. The highest BCUT2D eigenvalue weighted by atomic mass is 16.5. The molecule has 0 aliphatic carbocycles. The standard InChI is InChI=1S/C11H14O4/c1-3-14-9-6-8(13-2)10(12)7-4-5-15-11(7)9/h6,12H,3-5H2,1-2H3. The van der Waals surface area contributed by atoms with Crippen molar-refractivity contribution in [3.8, 4) is 23.0 Å². The normalized spacial score (nSPS) is 13.2. The maximum Gasteiger partial charge on any atom is 0.168 e. The van der Waals surface area contributed by atoms with Crippen LogP contribution < -0.4 is 14.2 Å². The Morgan fingerprint density at radius 1 is 1.47 bits per heavy atom. The third kappa shape index (κ3) is 1.56. The van der Waals surface area contributed by atoms with Crippen LogP contribution >= 0.6 is 0 Å². The van der Waals surface area contributed by atoms with Crippen LogP contribution in [-0.2, 0) is 6.42 Å². The molecule has 15 heavy (non-hydrogen) atoms. The predicted molar refractivity (Wildman–Crippen MR) is 55.0 cm³/mol. The van der Waals surface area contributed by atoms with Crippen molar-refractivity contribution in [1.29, 1.82) is 0 Å². The molecule has 2 rings (SSSR count). The number of methoxy groups -OCH3 is 1. The van der Waals surface area contributed by atoms with Crippen molar-refractivity contribution < 1.29 is 19.3 Å². The van der Waals surface area contributed by atoms with Gasteiger partial charge in [0, 0.05) is 18.1 Å². The molecule has 0 atom stereocenters. The lowest BCUT2D eigenvalue weighted by Crippen LogP contribution is -1.96. The maximum atomic E-state index is 9.84. The fourth-order valence-electron chi connectivity index (χ4n) is 1.72. The summed E-state index contributed by atoms with van der Waals surface area (Å²) in [5, 5.41) is 9.84. The molecule has 0 spiro atoms. The van der Waals surface area contributed by atoms with Crippen molar-refractivity contribution in [3.63, 3.8) is 0 Å². The van der Waals surface area contributed by atoms with Crippen LogP contribution in [0.2, 0.25) is 0 Å². The molecule has 0 radical (unpaired) electrons. The molecule has 4 nitrogen and oxygen atoms in total. The van der Waals surface area contributed by atoms with E-state index in [1.807, 2.05) is 6.92 Å². The van der Waals surface area contributed by atoms with Crippen molar-refractivity contribution in [2.75, 3.05) is 20.3 Å². The molecule has 82 valence electrons. The van der Waals surface area contributed by atoms with E-state index in [9.17, 15) is 5.11 Å². The molecular weight excluding hydrogens is 196 g/mol. The van der Waals surface area contributed by atoms with E-state index in [0.717, 1.165) is 5.56 Å². The third-order valence-electron chi connectivity index (χ3n) is 2.40. The Morgan fingerprint density at radius 3 is 2.93 bits per heavy atom. The molecular formula is C11H14O4. The fourth-order valence-corrected chi connectivity index (χ4v) is 1.72. The zero-order valence-corrected chi connectivity index (χ0v) is 8.87. The lowest BCUT2D eigenvalue weighted by molar-refractivity contribution is 0.294. The third-order valence-corrected chi connectivity index (χ3v) is 2.40. The van der Waals surface area contributed by atoms with Crippen molar-refractivity contribution in [3.05, 3.63) is 11.6 Å². The maximum absolute atomic E-state index is 9.84. The SMILES string of the molecule is CCOc1cc(OC)c(O)c2c1OCC2. The van der Waals surface area contributed by atoms with Gasteiger partial charge in [0.25, 0.3) is 0 Å². The van der Waals surface area contributed by atoms with Gasteiger partial charge in [0.2, 0.25) is 0 Å². The van der Waals surface area contributed by atoms with Crippen molar-refractivity contribution >= 4 is 0 Å². The molecule has 1 N–H and O–H groups in total. The van der Waals surface area contributed by atoms with E-state index in [2.05, 4.69) is 0 Å². The molecule has 1 aliphatic rings. The Balaban J connectivity index is 2.51. The molecule has 0 amide bonds. The van der Waals surface area contributed by atoms with Crippen molar-refractivity contribution in [2.45, 2.75) is 13.3 Å². The molecule has 1 aromatic carbocycles. The topological polar surface area (TPSA) is 47.9 Å². The van der Waals surface area contributed by atoms with E-state index in [1.54, 1.807) is 6.07 Å². The van der Waals surface area contributed by atoms with Crippen LogP contribution in [0, 0.1) is 0 Å². The summed E-state index contributed by atoms with van der Waals surface area (Å²) in [5.41, 5.74) is 0.776. The van der Waals surface area contributed by atoms with Gasteiger partial charge < -0.3 is 19.3 Å². The smallest absolute Gasteiger partial charge is 0.168 e. The van der Waals surface area contributed by atoms with Crippen LogP contribution in [-0.4, -0.2) is 25.4 Å². The molecule has 1 aliphatic heterocycles. The summed E-state index contributed by atoms with van der Waals surface area (Å²) in [7, 11) is 1.52. The number of rotatable bonds is 3.